The first-order chi connectivity index (χ1) is 12.1. The predicted molar refractivity (Wildman–Crippen MR) is 98.1 cm³/mol. The second kappa shape index (κ2) is 6.31. The molecule has 0 radical (unpaired) electrons. The summed E-state index contributed by atoms with van der Waals surface area (Å²) in [5, 5.41) is 8.64. The molecule has 7 heteroatoms. The minimum Gasteiger partial charge on any atom is -0.348 e. The summed E-state index contributed by atoms with van der Waals surface area (Å²) in [6.45, 7) is 0.527. The van der Waals surface area contributed by atoms with Crippen molar-refractivity contribution in [3.05, 3.63) is 69.7 Å². The van der Waals surface area contributed by atoms with Gasteiger partial charge in [0.15, 0.2) is 0 Å². The van der Waals surface area contributed by atoms with Crippen LogP contribution in [-0.2, 0) is 6.54 Å². The number of carbonyl (C=O) groups is 2. The molecule has 0 bridgehead atoms. The third kappa shape index (κ3) is 3.14. The van der Waals surface area contributed by atoms with Crippen LogP contribution in [0.15, 0.2) is 47.8 Å². The van der Waals surface area contributed by atoms with Crippen LogP contribution >= 0.6 is 22.9 Å². The summed E-state index contributed by atoms with van der Waals surface area (Å²) < 4.78 is 0. The Balaban J connectivity index is 1.53. The lowest BCUT2D eigenvalue weighted by molar-refractivity contribution is 0.0964. The molecule has 1 aliphatic rings. The number of anilines is 1. The molecule has 0 saturated heterocycles. The van der Waals surface area contributed by atoms with E-state index in [0.717, 1.165) is 16.1 Å². The van der Waals surface area contributed by atoms with E-state index in [9.17, 15) is 9.59 Å². The topological polar surface area (TPSA) is 71.1 Å². The third-order valence-corrected chi connectivity index (χ3v) is 5.02. The molecule has 2 heterocycles. The number of rotatable bonds is 3. The van der Waals surface area contributed by atoms with Crippen molar-refractivity contribution in [1.82, 2.24) is 10.3 Å². The van der Waals surface area contributed by atoms with Crippen molar-refractivity contribution in [3.63, 3.8) is 0 Å². The number of hydrogen-bond donors (Lipinski definition) is 2. The van der Waals surface area contributed by atoms with E-state index in [2.05, 4.69) is 15.6 Å². The first-order valence-electron chi connectivity index (χ1n) is 7.54. The van der Waals surface area contributed by atoms with Crippen LogP contribution in [-0.4, -0.2) is 16.8 Å². The van der Waals surface area contributed by atoms with Crippen LogP contribution in [0.3, 0.4) is 0 Å². The van der Waals surface area contributed by atoms with Gasteiger partial charge in [-0.25, -0.2) is 4.98 Å². The van der Waals surface area contributed by atoms with Crippen molar-refractivity contribution in [1.29, 1.82) is 0 Å². The number of nitrogens with zero attached hydrogens (tertiary/aromatic N) is 1. The average Bonchev–Trinajstić information content (AvgIpc) is 3.24. The number of hydrogen-bond acceptors (Lipinski definition) is 4. The number of amides is 2. The maximum atomic E-state index is 12.4. The van der Waals surface area contributed by atoms with E-state index in [4.69, 9.17) is 11.6 Å². The van der Waals surface area contributed by atoms with Gasteiger partial charge in [0, 0.05) is 33.8 Å². The van der Waals surface area contributed by atoms with Crippen LogP contribution in [0.4, 0.5) is 5.69 Å². The highest BCUT2D eigenvalue weighted by molar-refractivity contribution is 7.13. The number of aromatic nitrogens is 1. The standard InChI is InChI=1S/C18H12ClN3O2S/c19-12-4-1-10(2-5-12)18-22-15(9-25-18)17(24)21-13-6-3-11-8-20-16(23)14(11)7-13/h1-7,9H,8H2,(H,20,23)(H,21,24). The summed E-state index contributed by atoms with van der Waals surface area (Å²) >= 11 is 7.27. The summed E-state index contributed by atoms with van der Waals surface area (Å²) in [5.74, 6) is -0.431. The smallest absolute Gasteiger partial charge is 0.275 e. The number of nitrogens with one attached hydrogen (secondary N) is 2. The molecule has 2 aromatic carbocycles. The highest BCUT2D eigenvalue weighted by Crippen LogP contribution is 2.26. The van der Waals surface area contributed by atoms with E-state index in [-0.39, 0.29) is 11.8 Å². The van der Waals surface area contributed by atoms with Gasteiger partial charge in [-0.05, 0) is 29.8 Å². The first kappa shape index (κ1) is 15.8. The van der Waals surface area contributed by atoms with Crippen LogP contribution in [0.5, 0.6) is 0 Å². The Morgan fingerprint density at radius 2 is 2.00 bits per heavy atom. The van der Waals surface area contributed by atoms with E-state index < -0.39 is 0 Å². The van der Waals surface area contributed by atoms with Crippen molar-refractivity contribution >= 4 is 40.4 Å². The van der Waals surface area contributed by atoms with Gasteiger partial charge in [-0.15, -0.1) is 11.3 Å². The van der Waals surface area contributed by atoms with E-state index in [1.54, 1.807) is 29.6 Å². The van der Waals surface area contributed by atoms with Gasteiger partial charge in [-0.2, -0.15) is 0 Å². The number of fused-ring (bicyclic) bond motifs is 1. The first-order valence-corrected chi connectivity index (χ1v) is 8.80. The summed E-state index contributed by atoms with van der Waals surface area (Å²) in [6.07, 6.45) is 0. The molecule has 4 rings (SSSR count). The van der Waals surface area contributed by atoms with E-state index >= 15 is 0 Å². The number of carbonyl (C=O) groups excluding carboxylic acids is 2. The second-order valence-corrected chi connectivity index (χ2v) is 6.85. The van der Waals surface area contributed by atoms with Crippen LogP contribution in [0.25, 0.3) is 10.6 Å². The molecule has 2 amide bonds. The van der Waals surface area contributed by atoms with Crippen LogP contribution in [0.2, 0.25) is 5.02 Å². The molecule has 0 atom stereocenters. The van der Waals surface area contributed by atoms with E-state index in [1.165, 1.54) is 11.3 Å². The Labute approximate surface area is 152 Å². The van der Waals surface area contributed by atoms with Crippen LogP contribution < -0.4 is 10.6 Å². The SMILES string of the molecule is O=C(Nc1ccc2c(c1)C(=O)NC2)c1csc(-c2ccc(Cl)cc2)n1. The predicted octanol–water partition coefficient (Wildman–Crippen LogP) is 3.96. The van der Waals surface area contributed by atoms with Crippen LogP contribution in [0.1, 0.15) is 26.4 Å². The Bertz CT molecular complexity index is 982. The molecule has 3 aromatic rings. The number of benzene rings is 2. The second-order valence-electron chi connectivity index (χ2n) is 5.55. The minimum absolute atomic E-state index is 0.121. The lowest BCUT2D eigenvalue weighted by atomic mass is 10.1. The van der Waals surface area contributed by atoms with Crippen molar-refractivity contribution < 1.29 is 9.59 Å². The number of thiazole rings is 1. The minimum atomic E-state index is -0.310. The monoisotopic (exact) mass is 369 g/mol. The van der Waals surface area contributed by atoms with Gasteiger partial charge >= 0.3 is 0 Å². The van der Waals surface area contributed by atoms with E-state index in [1.807, 2.05) is 18.2 Å². The van der Waals surface area contributed by atoms with Gasteiger partial charge < -0.3 is 10.6 Å². The third-order valence-electron chi connectivity index (χ3n) is 3.88. The molecule has 0 aliphatic carbocycles. The molecule has 1 aromatic heterocycles. The summed E-state index contributed by atoms with van der Waals surface area (Å²) in [4.78, 5) is 28.5. The Kier molecular flexibility index (Phi) is 3.99. The lowest BCUT2D eigenvalue weighted by Crippen LogP contribution is -2.14. The molecule has 0 unspecified atom stereocenters. The fraction of sp³-hybridized carbons (Fsp3) is 0.0556. The highest BCUT2D eigenvalue weighted by atomic mass is 35.5. The quantitative estimate of drug-likeness (QED) is 0.734. The Morgan fingerprint density at radius 3 is 2.80 bits per heavy atom. The fourth-order valence-corrected chi connectivity index (χ4v) is 3.52. The van der Waals surface area contributed by atoms with Gasteiger partial charge in [-0.1, -0.05) is 29.8 Å². The molecule has 124 valence electrons. The van der Waals surface area contributed by atoms with Gasteiger partial charge in [0.25, 0.3) is 11.8 Å². The Hall–Kier alpha value is -2.70. The maximum absolute atomic E-state index is 12.4. The van der Waals surface area contributed by atoms with Crippen molar-refractivity contribution in [3.8, 4) is 10.6 Å². The molecule has 0 spiro atoms. The van der Waals surface area contributed by atoms with Gasteiger partial charge in [-0.3, -0.25) is 9.59 Å². The zero-order chi connectivity index (χ0) is 17.4. The zero-order valence-electron chi connectivity index (χ0n) is 12.9. The van der Waals surface area contributed by atoms with Crippen molar-refractivity contribution in [2.75, 3.05) is 5.32 Å². The van der Waals surface area contributed by atoms with Gasteiger partial charge in [0.2, 0.25) is 0 Å². The van der Waals surface area contributed by atoms with Crippen LogP contribution in [0, 0.1) is 0 Å². The van der Waals surface area contributed by atoms with Gasteiger partial charge in [0.1, 0.15) is 10.7 Å². The van der Waals surface area contributed by atoms with E-state index in [0.29, 0.717) is 28.5 Å². The van der Waals surface area contributed by atoms with Crippen molar-refractivity contribution in [2.45, 2.75) is 6.54 Å². The summed E-state index contributed by atoms with van der Waals surface area (Å²) in [7, 11) is 0. The zero-order valence-corrected chi connectivity index (χ0v) is 14.4. The molecule has 5 nitrogen and oxygen atoms in total. The van der Waals surface area contributed by atoms with Gasteiger partial charge in [0.05, 0.1) is 0 Å². The maximum Gasteiger partial charge on any atom is 0.275 e. The highest BCUT2D eigenvalue weighted by Gasteiger charge is 2.19. The molecule has 0 fully saturated rings. The molecular formula is C18H12ClN3O2S. The molecule has 1 aliphatic heterocycles. The average molecular weight is 370 g/mol. The number of halogens is 1. The van der Waals surface area contributed by atoms with Crippen molar-refractivity contribution in [2.24, 2.45) is 0 Å². The molecular weight excluding hydrogens is 358 g/mol. The molecule has 0 saturated carbocycles. The normalized spacial score (nSPS) is 12.6. The summed E-state index contributed by atoms with van der Waals surface area (Å²) in [5.41, 5.74) is 3.34. The largest absolute Gasteiger partial charge is 0.348 e. The summed E-state index contributed by atoms with van der Waals surface area (Å²) in [6, 6.07) is 12.6. The Morgan fingerprint density at radius 1 is 1.20 bits per heavy atom. The molecule has 25 heavy (non-hydrogen) atoms. The fourth-order valence-electron chi connectivity index (χ4n) is 2.59. The lowest BCUT2D eigenvalue weighted by Gasteiger charge is -2.05. The molecule has 2 N–H and O–H groups in total.